The van der Waals surface area contributed by atoms with Gasteiger partial charge in [-0.1, -0.05) is 13.8 Å². The van der Waals surface area contributed by atoms with Crippen LogP contribution >= 0.6 is 0 Å². The Bertz CT molecular complexity index is 1560. The third-order valence-corrected chi connectivity index (χ3v) is 16.5. The molecule has 8 rings (SSSR count). The molecular formula is C42H66O18. The monoisotopic (exact) mass is 858 g/mol. The highest BCUT2D eigenvalue weighted by Crippen LogP contribution is 2.70. The highest BCUT2D eigenvalue weighted by Gasteiger charge is 2.68. The van der Waals surface area contributed by atoms with Crippen LogP contribution in [0.25, 0.3) is 0 Å². The van der Waals surface area contributed by atoms with E-state index in [1.54, 1.807) is 13.0 Å². The van der Waals surface area contributed by atoms with Crippen molar-refractivity contribution in [3.05, 3.63) is 11.6 Å². The van der Waals surface area contributed by atoms with Crippen LogP contribution in [0.3, 0.4) is 0 Å². The summed E-state index contributed by atoms with van der Waals surface area (Å²) >= 11 is 0. The molecule has 7 fully saturated rings. The summed E-state index contributed by atoms with van der Waals surface area (Å²) in [5.41, 5.74) is -0.0850. The summed E-state index contributed by atoms with van der Waals surface area (Å²) in [5.74, 6) is 0.725. The average Bonchev–Trinajstić information content (AvgIpc) is 3.78. The summed E-state index contributed by atoms with van der Waals surface area (Å²) in [6, 6.07) is 0. The van der Waals surface area contributed by atoms with Gasteiger partial charge in [0.1, 0.15) is 73.8 Å². The molecule has 0 aromatic heterocycles. The number of aliphatic hydroxyl groups excluding tert-OH is 8. The molecule has 23 atom stereocenters. The predicted molar refractivity (Wildman–Crippen MR) is 203 cm³/mol. The molecule has 9 N–H and O–H groups in total. The van der Waals surface area contributed by atoms with Crippen LogP contribution in [0.5, 0.6) is 0 Å². The number of hydrogen-bond donors (Lipinski definition) is 9. The van der Waals surface area contributed by atoms with Gasteiger partial charge in [-0.05, 0) is 99.4 Å². The molecule has 4 saturated carbocycles. The maximum Gasteiger partial charge on any atom is 0.331 e. The Kier molecular flexibility index (Phi) is 12.9. The summed E-state index contributed by atoms with van der Waals surface area (Å²) in [5, 5.41) is 97.0. The maximum absolute atomic E-state index is 12.6. The zero-order valence-electron chi connectivity index (χ0n) is 34.8. The van der Waals surface area contributed by atoms with Gasteiger partial charge in [0.15, 0.2) is 18.9 Å². The zero-order chi connectivity index (χ0) is 43.1. The minimum atomic E-state index is -1.80. The van der Waals surface area contributed by atoms with Crippen LogP contribution in [0.2, 0.25) is 0 Å². The van der Waals surface area contributed by atoms with Crippen molar-refractivity contribution in [3.63, 3.8) is 0 Å². The largest absolute Gasteiger partial charge is 0.458 e. The third kappa shape index (κ3) is 7.41. The van der Waals surface area contributed by atoms with Gasteiger partial charge in [-0.25, -0.2) is 4.79 Å². The average molecular weight is 859 g/mol. The lowest BCUT2D eigenvalue weighted by Crippen LogP contribution is -2.66. The van der Waals surface area contributed by atoms with E-state index in [1.807, 2.05) is 0 Å². The van der Waals surface area contributed by atoms with E-state index in [0.29, 0.717) is 18.4 Å². The van der Waals surface area contributed by atoms with Crippen molar-refractivity contribution in [2.24, 2.45) is 34.5 Å². The topological polar surface area (TPSA) is 273 Å². The normalized spacial score (nSPS) is 54.4. The fraction of sp³-hybridized carbons (Fsp3) is 0.929. The first kappa shape index (κ1) is 45.1. The fourth-order valence-corrected chi connectivity index (χ4v) is 13.1. The van der Waals surface area contributed by atoms with Crippen LogP contribution in [0.15, 0.2) is 11.6 Å². The molecule has 8 aliphatic rings. The molecule has 4 aliphatic carbocycles. The summed E-state index contributed by atoms with van der Waals surface area (Å²) in [6.07, 6.45) is -12.2. The van der Waals surface area contributed by atoms with Crippen molar-refractivity contribution in [2.45, 2.75) is 182 Å². The molecule has 3 saturated heterocycles. The van der Waals surface area contributed by atoms with E-state index in [-0.39, 0.29) is 34.7 Å². The third-order valence-electron chi connectivity index (χ3n) is 16.5. The number of hydrogen-bond acceptors (Lipinski definition) is 18. The number of fused-ring (bicyclic) bond motifs is 5. The number of ether oxygens (including phenoxy) is 8. The SMILES string of the molecule is CO[C@H]1[C@H](O)[C@H](O[C@H]2CC[C@@]3(C)[C@H](CC[C@@H]4[C@@H]3CC[C@]3(C)[C@H](C5=CC(=O)OC5)CC[C@@]43O)C2)O[C@@H](C)[C@@H]1O[C@@H]1O[C@H](CO)[C@@H](O[C@@H]2O[C@H](CO)[C@@H](O)[C@H](O)[C@H]2O)[C@H](O)[C@H]1O. The lowest BCUT2D eigenvalue weighted by atomic mass is 9.43. The van der Waals surface area contributed by atoms with Crippen LogP contribution in [-0.2, 0) is 42.7 Å². The van der Waals surface area contributed by atoms with Gasteiger partial charge in [0.05, 0.1) is 31.0 Å². The molecule has 0 bridgehead atoms. The molecule has 4 heterocycles. The highest BCUT2D eigenvalue weighted by molar-refractivity contribution is 5.85. The molecule has 0 aromatic carbocycles. The van der Waals surface area contributed by atoms with Gasteiger partial charge in [0.25, 0.3) is 0 Å². The predicted octanol–water partition coefficient (Wildman–Crippen LogP) is -1.24. The number of aliphatic hydroxyl groups is 9. The van der Waals surface area contributed by atoms with Crippen molar-refractivity contribution in [2.75, 3.05) is 26.9 Å². The smallest absolute Gasteiger partial charge is 0.331 e. The molecule has 342 valence electrons. The van der Waals surface area contributed by atoms with Gasteiger partial charge in [0.2, 0.25) is 0 Å². The first-order valence-electron chi connectivity index (χ1n) is 21.8. The molecule has 18 heteroatoms. The quantitative estimate of drug-likeness (QED) is 0.0918. The molecule has 60 heavy (non-hydrogen) atoms. The van der Waals surface area contributed by atoms with E-state index in [4.69, 9.17) is 37.9 Å². The molecule has 18 nitrogen and oxygen atoms in total. The maximum atomic E-state index is 12.6. The molecule has 0 amide bonds. The Morgan fingerprint density at radius 2 is 1.37 bits per heavy atom. The summed E-state index contributed by atoms with van der Waals surface area (Å²) in [7, 11) is 1.39. The van der Waals surface area contributed by atoms with Crippen LogP contribution in [0.4, 0.5) is 0 Å². The second kappa shape index (κ2) is 17.2. The number of esters is 1. The lowest BCUT2D eigenvalue weighted by molar-refractivity contribution is -0.380. The second-order valence-corrected chi connectivity index (χ2v) is 19.3. The number of methoxy groups -OCH3 is 1. The second-order valence-electron chi connectivity index (χ2n) is 19.3. The first-order valence-corrected chi connectivity index (χ1v) is 21.8. The number of rotatable bonds is 10. The van der Waals surface area contributed by atoms with Gasteiger partial charge in [0, 0.05) is 18.6 Å². The summed E-state index contributed by atoms with van der Waals surface area (Å²) < 4.78 is 46.8. The standard InChI is InChI=1S/C42H66O18/c1-18-34(59-38-32(50)30(48)35(26(16-44)58-38)60-37-31(49)29(47)28(46)25(15-43)57-37)36(53-4)33(51)39(55-18)56-21-7-10-40(2)20(14-21)5-6-24-23(40)8-11-41(3)22(9-12-42(24,41)52)19-13-27(45)54-17-19/h13,18,20-26,28-39,43-44,46-52H,5-12,14-17H2,1-4H3/t18-,20+,21-,22-,23-,24+,25+,26+,28+,29-,30+,31+,32+,33-,34-,35+,36-,37-,38-,39-,40-,41+,42+/m0/s1. The van der Waals surface area contributed by atoms with Crippen LogP contribution in [0, 0.1) is 34.5 Å². The number of carbonyl (C=O) groups excluding carboxylic acids is 1. The molecule has 4 aliphatic heterocycles. The van der Waals surface area contributed by atoms with E-state index in [1.165, 1.54) is 7.11 Å². The van der Waals surface area contributed by atoms with Crippen molar-refractivity contribution in [3.8, 4) is 0 Å². The molecule has 0 radical (unpaired) electrons. The Morgan fingerprint density at radius 1 is 0.700 bits per heavy atom. The van der Waals surface area contributed by atoms with Gasteiger partial charge in [-0.2, -0.15) is 0 Å². The fourth-order valence-electron chi connectivity index (χ4n) is 13.1. The molecule has 0 spiro atoms. The number of carbonyl (C=O) groups is 1. The van der Waals surface area contributed by atoms with Crippen LogP contribution in [-0.4, -0.2) is 183 Å². The van der Waals surface area contributed by atoms with E-state index < -0.39 is 111 Å². The van der Waals surface area contributed by atoms with E-state index in [0.717, 1.165) is 63.4 Å². The van der Waals surface area contributed by atoms with Crippen LogP contribution < -0.4 is 0 Å². The minimum absolute atomic E-state index is 0.00760. The van der Waals surface area contributed by atoms with Crippen molar-refractivity contribution < 1.29 is 88.6 Å². The van der Waals surface area contributed by atoms with E-state index in [9.17, 15) is 50.8 Å². The van der Waals surface area contributed by atoms with Crippen molar-refractivity contribution >= 4 is 5.97 Å². The summed E-state index contributed by atoms with van der Waals surface area (Å²) in [4.78, 5) is 12.0. The minimum Gasteiger partial charge on any atom is -0.458 e. The number of cyclic esters (lactones) is 1. The molecule has 0 aromatic rings. The zero-order valence-corrected chi connectivity index (χ0v) is 34.8. The van der Waals surface area contributed by atoms with Gasteiger partial charge >= 0.3 is 5.97 Å². The van der Waals surface area contributed by atoms with Crippen molar-refractivity contribution in [1.82, 2.24) is 0 Å². The molecular weight excluding hydrogens is 792 g/mol. The van der Waals surface area contributed by atoms with Gasteiger partial charge in [-0.3, -0.25) is 0 Å². The van der Waals surface area contributed by atoms with Crippen LogP contribution in [0.1, 0.15) is 78.6 Å². The molecule has 0 unspecified atom stereocenters. The Hall–Kier alpha value is -1.43. The lowest BCUT2D eigenvalue weighted by Gasteiger charge is -2.64. The first-order chi connectivity index (χ1) is 28.5. The Morgan fingerprint density at radius 3 is 2.03 bits per heavy atom. The highest BCUT2D eigenvalue weighted by atomic mass is 16.8. The van der Waals surface area contributed by atoms with Crippen molar-refractivity contribution in [1.29, 1.82) is 0 Å². The Balaban J connectivity index is 0.879. The van der Waals surface area contributed by atoms with Gasteiger partial charge < -0.3 is 83.9 Å². The Labute approximate surface area is 349 Å². The van der Waals surface area contributed by atoms with E-state index >= 15 is 0 Å². The summed E-state index contributed by atoms with van der Waals surface area (Å²) in [6.45, 7) is 5.17. The van der Waals surface area contributed by atoms with Gasteiger partial charge in [-0.15, -0.1) is 0 Å². The van der Waals surface area contributed by atoms with E-state index in [2.05, 4.69) is 13.8 Å².